The van der Waals surface area contributed by atoms with E-state index in [-0.39, 0.29) is 0 Å². The predicted molar refractivity (Wildman–Crippen MR) is 85.3 cm³/mol. The van der Waals surface area contributed by atoms with Gasteiger partial charge in [-0.1, -0.05) is 49.9 Å². The van der Waals surface area contributed by atoms with Gasteiger partial charge in [-0.05, 0) is 30.4 Å². The van der Waals surface area contributed by atoms with Crippen molar-refractivity contribution in [3.63, 3.8) is 0 Å². The standard InChI is InChI=1S/C15H22Cl2N2/c1-3-15(4-2)5-7-19(8-6-15)14-12(16)9-11(18)10-13(14)17/h9-10H,3-8,18H2,1-2H3. The summed E-state index contributed by atoms with van der Waals surface area (Å²) in [5, 5.41) is 1.32. The van der Waals surface area contributed by atoms with Crippen LogP contribution in [0.1, 0.15) is 39.5 Å². The number of nitrogens with two attached hydrogens (primary N) is 1. The first-order chi connectivity index (χ1) is 9.01. The second-order valence-electron chi connectivity index (χ2n) is 5.53. The molecular formula is C15H22Cl2N2. The number of halogens is 2. The summed E-state index contributed by atoms with van der Waals surface area (Å²) in [7, 11) is 0. The van der Waals surface area contributed by atoms with Gasteiger partial charge in [0.05, 0.1) is 15.7 Å². The van der Waals surface area contributed by atoms with Crippen LogP contribution in [0, 0.1) is 5.41 Å². The van der Waals surface area contributed by atoms with Crippen molar-refractivity contribution in [3.8, 4) is 0 Å². The lowest BCUT2D eigenvalue weighted by molar-refractivity contribution is 0.199. The monoisotopic (exact) mass is 300 g/mol. The maximum Gasteiger partial charge on any atom is 0.0746 e. The molecule has 0 amide bonds. The van der Waals surface area contributed by atoms with E-state index in [1.165, 1.54) is 25.7 Å². The summed E-state index contributed by atoms with van der Waals surface area (Å²) in [6.45, 7) is 6.63. The number of benzene rings is 1. The van der Waals surface area contributed by atoms with Crippen molar-refractivity contribution in [1.29, 1.82) is 0 Å². The van der Waals surface area contributed by atoms with Gasteiger partial charge in [-0.3, -0.25) is 0 Å². The molecule has 2 nitrogen and oxygen atoms in total. The summed E-state index contributed by atoms with van der Waals surface area (Å²) in [5.41, 5.74) is 7.82. The summed E-state index contributed by atoms with van der Waals surface area (Å²) in [6, 6.07) is 3.56. The van der Waals surface area contributed by atoms with Crippen molar-refractivity contribution in [3.05, 3.63) is 22.2 Å². The number of nitrogens with zero attached hydrogens (tertiary/aromatic N) is 1. The number of nitrogen functional groups attached to an aromatic ring is 1. The number of piperidine rings is 1. The molecule has 106 valence electrons. The van der Waals surface area contributed by atoms with E-state index in [1.54, 1.807) is 12.1 Å². The SMILES string of the molecule is CCC1(CC)CCN(c2c(Cl)cc(N)cc2Cl)CC1. The van der Waals surface area contributed by atoms with Crippen LogP contribution in [0.3, 0.4) is 0 Å². The zero-order chi connectivity index (χ0) is 14.0. The second-order valence-corrected chi connectivity index (χ2v) is 6.34. The molecule has 1 aromatic rings. The van der Waals surface area contributed by atoms with Crippen molar-refractivity contribution in [2.45, 2.75) is 39.5 Å². The molecule has 1 saturated heterocycles. The Bertz CT molecular complexity index is 422. The summed E-state index contributed by atoms with van der Waals surface area (Å²) in [5.74, 6) is 0. The topological polar surface area (TPSA) is 29.3 Å². The molecule has 2 N–H and O–H groups in total. The third kappa shape index (κ3) is 2.95. The Kier molecular flexibility index (Phi) is 4.52. The smallest absolute Gasteiger partial charge is 0.0746 e. The van der Waals surface area contributed by atoms with Crippen LogP contribution in [0.15, 0.2) is 12.1 Å². The van der Waals surface area contributed by atoms with Gasteiger partial charge in [0.1, 0.15) is 0 Å². The van der Waals surface area contributed by atoms with E-state index in [0.717, 1.165) is 18.8 Å². The highest BCUT2D eigenvalue weighted by Crippen LogP contribution is 2.43. The Morgan fingerprint density at radius 2 is 1.58 bits per heavy atom. The lowest BCUT2D eigenvalue weighted by atomic mass is 9.74. The van der Waals surface area contributed by atoms with Crippen LogP contribution < -0.4 is 10.6 Å². The Hall–Kier alpha value is -0.600. The van der Waals surface area contributed by atoms with Gasteiger partial charge in [-0.25, -0.2) is 0 Å². The molecule has 19 heavy (non-hydrogen) atoms. The minimum atomic E-state index is 0.503. The highest BCUT2D eigenvalue weighted by atomic mass is 35.5. The molecular weight excluding hydrogens is 279 g/mol. The van der Waals surface area contributed by atoms with E-state index >= 15 is 0 Å². The van der Waals surface area contributed by atoms with Crippen LogP contribution in [0.2, 0.25) is 10.0 Å². The van der Waals surface area contributed by atoms with Crippen LogP contribution in [0.25, 0.3) is 0 Å². The largest absolute Gasteiger partial charge is 0.399 e. The van der Waals surface area contributed by atoms with Crippen molar-refractivity contribution < 1.29 is 0 Å². The van der Waals surface area contributed by atoms with Crippen molar-refractivity contribution in [2.24, 2.45) is 5.41 Å². The highest BCUT2D eigenvalue weighted by Gasteiger charge is 2.32. The number of hydrogen-bond acceptors (Lipinski definition) is 2. The second kappa shape index (κ2) is 5.80. The fraction of sp³-hybridized carbons (Fsp3) is 0.600. The minimum Gasteiger partial charge on any atom is -0.399 e. The zero-order valence-electron chi connectivity index (χ0n) is 11.7. The molecule has 1 aromatic carbocycles. The van der Waals surface area contributed by atoms with Crippen LogP contribution in [-0.4, -0.2) is 13.1 Å². The highest BCUT2D eigenvalue weighted by molar-refractivity contribution is 6.39. The molecule has 4 heteroatoms. The van der Waals surface area contributed by atoms with E-state index in [2.05, 4.69) is 18.7 Å². The van der Waals surface area contributed by atoms with Gasteiger partial charge in [-0.2, -0.15) is 0 Å². The van der Waals surface area contributed by atoms with Gasteiger partial charge in [-0.15, -0.1) is 0 Å². The third-order valence-corrected chi connectivity index (χ3v) is 5.26. The number of rotatable bonds is 3. The third-order valence-electron chi connectivity index (χ3n) is 4.68. The Balaban J connectivity index is 2.18. The Labute approximate surface area is 125 Å². The van der Waals surface area contributed by atoms with Gasteiger partial charge in [0, 0.05) is 18.8 Å². The number of hydrogen-bond donors (Lipinski definition) is 1. The maximum absolute atomic E-state index is 6.30. The summed E-state index contributed by atoms with van der Waals surface area (Å²) < 4.78 is 0. The Morgan fingerprint density at radius 1 is 1.11 bits per heavy atom. The van der Waals surface area contributed by atoms with Crippen LogP contribution in [0.4, 0.5) is 11.4 Å². The van der Waals surface area contributed by atoms with Gasteiger partial charge in [0.15, 0.2) is 0 Å². The van der Waals surface area contributed by atoms with Gasteiger partial charge in [0.2, 0.25) is 0 Å². The molecule has 1 aliphatic rings. The van der Waals surface area contributed by atoms with E-state index in [0.29, 0.717) is 21.1 Å². The van der Waals surface area contributed by atoms with E-state index in [1.807, 2.05) is 0 Å². The molecule has 0 aromatic heterocycles. The molecule has 0 unspecified atom stereocenters. The van der Waals surface area contributed by atoms with Gasteiger partial charge < -0.3 is 10.6 Å². The van der Waals surface area contributed by atoms with E-state index in [4.69, 9.17) is 28.9 Å². The van der Waals surface area contributed by atoms with Crippen molar-refractivity contribution in [2.75, 3.05) is 23.7 Å². The average molecular weight is 301 g/mol. The number of anilines is 2. The van der Waals surface area contributed by atoms with Gasteiger partial charge in [0.25, 0.3) is 0 Å². The van der Waals surface area contributed by atoms with Crippen LogP contribution >= 0.6 is 23.2 Å². The molecule has 1 aliphatic heterocycles. The zero-order valence-corrected chi connectivity index (χ0v) is 13.2. The van der Waals surface area contributed by atoms with E-state index < -0.39 is 0 Å². The fourth-order valence-corrected chi connectivity index (χ4v) is 3.79. The summed E-state index contributed by atoms with van der Waals surface area (Å²) >= 11 is 12.6. The molecule has 0 aliphatic carbocycles. The first kappa shape index (κ1) is 14.8. The lowest BCUT2D eigenvalue weighted by Gasteiger charge is -2.42. The predicted octanol–water partition coefficient (Wildman–Crippen LogP) is 4.98. The molecule has 0 bridgehead atoms. The molecule has 0 saturated carbocycles. The minimum absolute atomic E-state index is 0.503. The van der Waals surface area contributed by atoms with Crippen LogP contribution in [0.5, 0.6) is 0 Å². The van der Waals surface area contributed by atoms with E-state index in [9.17, 15) is 0 Å². The van der Waals surface area contributed by atoms with Crippen molar-refractivity contribution in [1.82, 2.24) is 0 Å². The first-order valence-electron chi connectivity index (χ1n) is 7.01. The molecule has 0 spiro atoms. The average Bonchev–Trinajstić information content (AvgIpc) is 2.39. The molecule has 0 atom stereocenters. The first-order valence-corrected chi connectivity index (χ1v) is 7.76. The maximum atomic E-state index is 6.30. The molecule has 0 radical (unpaired) electrons. The molecule has 1 heterocycles. The molecule has 1 fully saturated rings. The quantitative estimate of drug-likeness (QED) is 0.798. The van der Waals surface area contributed by atoms with Gasteiger partial charge >= 0.3 is 0 Å². The van der Waals surface area contributed by atoms with Crippen LogP contribution in [-0.2, 0) is 0 Å². The molecule has 2 rings (SSSR count). The lowest BCUT2D eigenvalue weighted by Crippen LogP contribution is -2.39. The fourth-order valence-electron chi connectivity index (χ4n) is 3.05. The van der Waals surface area contributed by atoms with Crippen molar-refractivity contribution >= 4 is 34.6 Å². The summed E-state index contributed by atoms with van der Waals surface area (Å²) in [4.78, 5) is 2.30. The normalized spacial score (nSPS) is 18.6. The summed E-state index contributed by atoms with van der Waals surface area (Å²) in [6.07, 6.45) is 4.91. The Morgan fingerprint density at radius 3 is 2.00 bits per heavy atom.